The number of benzene rings is 2. The molecule has 2 aromatic carbocycles. The molecule has 0 bridgehead atoms. The van der Waals surface area contributed by atoms with E-state index in [1.165, 1.54) is 28.7 Å². The van der Waals surface area contributed by atoms with Crippen LogP contribution in [0.5, 0.6) is 0 Å². The summed E-state index contributed by atoms with van der Waals surface area (Å²) < 4.78 is 3.65. The van der Waals surface area contributed by atoms with E-state index in [4.69, 9.17) is 0 Å². The van der Waals surface area contributed by atoms with Gasteiger partial charge in [-0.2, -0.15) is 0 Å². The van der Waals surface area contributed by atoms with Crippen LogP contribution in [0, 0.1) is 0 Å². The van der Waals surface area contributed by atoms with Gasteiger partial charge in [0.25, 0.3) is 0 Å². The van der Waals surface area contributed by atoms with Gasteiger partial charge in [-0.05, 0) is 0 Å². The summed E-state index contributed by atoms with van der Waals surface area (Å²) in [5.41, 5.74) is 8.89. The van der Waals surface area contributed by atoms with Crippen molar-refractivity contribution in [3.63, 3.8) is 0 Å². The van der Waals surface area contributed by atoms with Crippen molar-refractivity contribution >= 4 is 8.70 Å². The number of hydrogen-bond acceptors (Lipinski definition) is 0. The molecule has 0 heterocycles. The molecule has 0 saturated heterocycles. The Labute approximate surface area is 254 Å². The summed E-state index contributed by atoms with van der Waals surface area (Å²) in [6, 6.07) is 12.6. The third-order valence-corrected chi connectivity index (χ3v) is 34.5. The molecule has 38 heavy (non-hydrogen) atoms. The van der Waals surface area contributed by atoms with Crippen LogP contribution in [-0.2, 0) is 37.6 Å². The third-order valence-electron chi connectivity index (χ3n) is 7.86. The Morgan fingerprint density at radius 3 is 1.71 bits per heavy atom. The molecule has 0 saturated carbocycles. The summed E-state index contributed by atoms with van der Waals surface area (Å²) in [4.78, 5) is 0. The number of halogens is 2. The van der Waals surface area contributed by atoms with Crippen LogP contribution in [0.4, 0.5) is 0 Å². The SMILES string of the molecule is CC(C)(C)c1ccc2c(c1)-c1cc(C(C)(C)C)c[c]([Zr+2]([C]3=CC=CC3)=[Si](C(C)(C)C)C(C)(C)C)c1C2.[Cl-].[Cl-]. The van der Waals surface area contributed by atoms with E-state index in [0.717, 1.165) is 6.42 Å². The van der Waals surface area contributed by atoms with Gasteiger partial charge in [-0.25, -0.2) is 0 Å². The second-order valence-corrected chi connectivity index (χ2v) is 30.3. The maximum absolute atomic E-state index is 2.71. The van der Waals surface area contributed by atoms with Crippen LogP contribution in [0.15, 0.2) is 51.8 Å². The van der Waals surface area contributed by atoms with Crippen LogP contribution in [0.1, 0.15) is 112 Å². The zero-order valence-corrected chi connectivity index (χ0v) is 30.8. The van der Waals surface area contributed by atoms with Crippen molar-refractivity contribution < 1.29 is 45.2 Å². The first-order valence-electron chi connectivity index (χ1n) is 13.8. The molecule has 206 valence electrons. The fraction of sp³-hybridized carbons (Fsp3) is 0.529. The van der Waals surface area contributed by atoms with Crippen LogP contribution in [0.25, 0.3) is 11.1 Å². The largest absolute Gasteiger partial charge is 1.00 e. The van der Waals surface area contributed by atoms with Crippen LogP contribution in [0.2, 0.25) is 10.1 Å². The summed E-state index contributed by atoms with van der Waals surface area (Å²) in [7, 11) is 0. The van der Waals surface area contributed by atoms with Crippen LogP contribution in [-0.4, -0.2) is 5.43 Å². The van der Waals surface area contributed by atoms with E-state index in [-0.39, 0.29) is 35.6 Å². The molecular weight excluding hydrogens is 599 g/mol. The second-order valence-electron chi connectivity index (χ2n) is 15.2. The van der Waals surface area contributed by atoms with Gasteiger partial charge in [0, 0.05) is 0 Å². The van der Waals surface area contributed by atoms with Crippen molar-refractivity contribution in [1.82, 2.24) is 0 Å². The number of rotatable bonds is 2. The van der Waals surface area contributed by atoms with Gasteiger partial charge in [0.1, 0.15) is 0 Å². The Balaban J connectivity index is 0.00000253. The smallest absolute Gasteiger partial charge is 1.00 e. The molecule has 2 aliphatic carbocycles. The van der Waals surface area contributed by atoms with Gasteiger partial charge in [-0.1, -0.05) is 0 Å². The van der Waals surface area contributed by atoms with Crippen molar-refractivity contribution in [2.24, 2.45) is 0 Å². The molecule has 2 aromatic rings. The minimum atomic E-state index is -2.24. The molecule has 0 N–H and O–H groups in total. The van der Waals surface area contributed by atoms with Crippen LogP contribution < -0.4 is 28.1 Å². The monoisotopic (exact) mass is 644 g/mol. The summed E-state index contributed by atoms with van der Waals surface area (Å²) in [6.45, 7) is 29.5. The average molecular weight is 647 g/mol. The predicted octanol–water partition coefficient (Wildman–Crippen LogP) is 3.54. The van der Waals surface area contributed by atoms with Crippen molar-refractivity contribution in [3.05, 3.63) is 74.1 Å². The van der Waals surface area contributed by atoms with Gasteiger partial charge < -0.3 is 24.8 Å². The number of fused-ring (bicyclic) bond motifs is 3. The number of hydrogen-bond donors (Lipinski definition) is 0. The minimum Gasteiger partial charge on any atom is -1.00 e. The van der Waals surface area contributed by atoms with Crippen LogP contribution in [0.3, 0.4) is 0 Å². The van der Waals surface area contributed by atoms with Crippen molar-refractivity contribution in [2.45, 2.75) is 117 Å². The summed E-state index contributed by atoms with van der Waals surface area (Å²) in [5, 5.41) is 0.743. The average Bonchev–Trinajstić information content (AvgIpc) is 3.35. The zero-order valence-electron chi connectivity index (χ0n) is 25.8. The molecule has 0 atom stereocenters. The first-order chi connectivity index (χ1) is 16.4. The van der Waals surface area contributed by atoms with E-state index < -0.39 is 25.8 Å². The van der Waals surface area contributed by atoms with E-state index in [9.17, 15) is 0 Å². The first kappa shape index (κ1) is 33.8. The molecule has 4 rings (SSSR count). The van der Waals surface area contributed by atoms with Crippen molar-refractivity contribution in [1.29, 1.82) is 0 Å². The molecule has 0 spiro atoms. The molecule has 0 amide bonds. The van der Waals surface area contributed by atoms with Crippen LogP contribution >= 0.6 is 0 Å². The Morgan fingerprint density at radius 1 is 0.684 bits per heavy atom. The minimum absolute atomic E-state index is 0. The Hall–Kier alpha value is -0.400. The normalized spacial score (nSPS) is 14.6. The number of allylic oxidation sites excluding steroid dienone is 4. The maximum atomic E-state index is 2.71. The fourth-order valence-corrected chi connectivity index (χ4v) is 32.9. The van der Waals surface area contributed by atoms with Crippen molar-refractivity contribution in [2.75, 3.05) is 0 Å². The summed E-state index contributed by atoms with van der Waals surface area (Å²) in [6.07, 6.45) is 9.60. The first-order valence-corrected chi connectivity index (χ1v) is 21.5. The molecular formula is C34H48Cl2SiZr. The standard InChI is InChI=1S/C21H25.C8H18Si.C5H5.2ClH.Zr/c1-20(2,3)16-9-7-14-11-15-8-10-17(21(4,5)6)13-19(15)18(14)12-16;1-7(2,3)9-8(4,5)6;1-2-4-5-3-1;;;/h7,9-10,12-13H,11H2,1-6H3;1-6H3;1-3H,4H2;2*1H;/q;;;;;+2/p-2. The Kier molecular flexibility index (Phi) is 10.2. The van der Waals surface area contributed by atoms with Gasteiger partial charge in [0.05, 0.1) is 0 Å². The zero-order chi connectivity index (χ0) is 26.8. The van der Waals surface area contributed by atoms with Gasteiger partial charge in [0.15, 0.2) is 0 Å². The topological polar surface area (TPSA) is 0 Å². The van der Waals surface area contributed by atoms with Gasteiger partial charge in [0.2, 0.25) is 0 Å². The molecule has 4 heteroatoms. The van der Waals surface area contributed by atoms with E-state index in [1.54, 1.807) is 11.1 Å². The quantitative estimate of drug-likeness (QED) is 0.374. The molecule has 0 unspecified atom stereocenters. The van der Waals surface area contributed by atoms with E-state index in [0.29, 0.717) is 10.1 Å². The van der Waals surface area contributed by atoms with Gasteiger partial charge in [-0.3, -0.25) is 0 Å². The van der Waals surface area contributed by atoms with E-state index in [1.807, 2.05) is 6.55 Å². The summed E-state index contributed by atoms with van der Waals surface area (Å²) >= 11 is -2.24. The molecule has 0 aromatic heterocycles. The maximum Gasteiger partial charge on any atom is -1.00 e. The Morgan fingerprint density at radius 2 is 1.24 bits per heavy atom. The van der Waals surface area contributed by atoms with Crippen molar-refractivity contribution in [3.8, 4) is 11.1 Å². The summed E-state index contributed by atoms with van der Waals surface area (Å²) in [5.74, 6) is 0. The second kappa shape index (κ2) is 11.5. The van der Waals surface area contributed by atoms with Gasteiger partial charge >= 0.3 is 231 Å². The van der Waals surface area contributed by atoms with E-state index in [2.05, 4.69) is 132 Å². The predicted molar refractivity (Wildman–Crippen MR) is 159 cm³/mol. The Bertz CT molecular complexity index is 1280. The van der Waals surface area contributed by atoms with Gasteiger partial charge in [-0.15, -0.1) is 0 Å². The molecule has 0 fully saturated rings. The third kappa shape index (κ3) is 6.73. The fourth-order valence-electron chi connectivity index (χ4n) is 6.37. The molecule has 0 nitrogen and oxygen atoms in total. The molecule has 0 radical (unpaired) electrons. The molecule has 2 aliphatic rings. The van der Waals surface area contributed by atoms with E-state index >= 15 is 0 Å². The molecule has 0 aliphatic heterocycles.